The van der Waals surface area contributed by atoms with Crippen LogP contribution in [-0.4, -0.2) is 33.6 Å². The SMILES string of the molecule is CC12C(=O)N(c3ccccc3)C(=O)C1CC1C(=CCC3C(=O)N(Cc4ccccc4)C(=O)C31)C2C1=COc2ccc(O)cc2C1. The quantitative estimate of drug-likeness (QED) is 0.327. The van der Waals surface area contributed by atoms with E-state index in [4.69, 9.17) is 4.74 Å². The molecule has 5 aliphatic rings. The molecular formula is C37H32N2O6. The van der Waals surface area contributed by atoms with Crippen molar-refractivity contribution in [2.24, 2.45) is 35.0 Å². The number of para-hydroxylation sites is 1. The summed E-state index contributed by atoms with van der Waals surface area (Å²) < 4.78 is 6.06. The summed E-state index contributed by atoms with van der Waals surface area (Å²) in [5, 5.41) is 10.2. The number of hydrogen-bond acceptors (Lipinski definition) is 6. The van der Waals surface area contributed by atoms with E-state index >= 15 is 0 Å². The van der Waals surface area contributed by atoms with Crippen LogP contribution in [0.25, 0.3) is 0 Å². The number of imide groups is 2. The molecular weight excluding hydrogens is 568 g/mol. The Bertz CT molecular complexity index is 1830. The lowest BCUT2D eigenvalue weighted by Crippen LogP contribution is -2.51. The second kappa shape index (κ2) is 10.0. The van der Waals surface area contributed by atoms with Gasteiger partial charge in [0.1, 0.15) is 11.5 Å². The molecule has 3 heterocycles. The molecule has 3 fully saturated rings. The lowest BCUT2D eigenvalue weighted by Gasteiger charge is -2.49. The predicted octanol–water partition coefficient (Wildman–Crippen LogP) is 5.17. The van der Waals surface area contributed by atoms with Gasteiger partial charge in [-0.25, -0.2) is 4.90 Å². The lowest BCUT2D eigenvalue weighted by molar-refractivity contribution is -0.141. The van der Waals surface area contributed by atoms with E-state index in [2.05, 4.69) is 6.08 Å². The number of phenols is 1. The van der Waals surface area contributed by atoms with Gasteiger partial charge >= 0.3 is 0 Å². The largest absolute Gasteiger partial charge is 0.508 e. The van der Waals surface area contributed by atoms with E-state index in [1.807, 2.05) is 43.3 Å². The first-order valence-corrected chi connectivity index (χ1v) is 15.5. The fourth-order valence-corrected chi connectivity index (χ4v) is 8.66. The highest BCUT2D eigenvalue weighted by Gasteiger charge is 2.68. The zero-order chi connectivity index (χ0) is 31.0. The monoisotopic (exact) mass is 600 g/mol. The third-order valence-corrected chi connectivity index (χ3v) is 10.7. The molecule has 0 radical (unpaired) electrons. The number of allylic oxidation sites excluding steroid dienone is 3. The van der Waals surface area contributed by atoms with Crippen molar-refractivity contribution in [2.75, 3.05) is 4.90 Å². The van der Waals surface area contributed by atoms with Gasteiger partial charge in [0.15, 0.2) is 0 Å². The second-order valence-electron chi connectivity index (χ2n) is 13.0. The van der Waals surface area contributed by atoms with Gasteiger partial charge in [-0.05, 0) is 67.2 Å². The normalized spacial score (nSPS) is 30.2. The Morgan fingerprint density at radius 3 is 2.38 bits per heavy atom. The van der Waals surface area contributed by atoms with E-state index in [1.165, 1.54) is 9.80 Å². The van der Waals surface area contributed by atoms with Crippen LogP contribution in [0, 0.1) is 35.0 Å². The molecule has 0 aromatic heterocycles. The summed E-state index contributed by atoms with van der Waals surface area (Å²) in [4.78, 5) is 59.4. The number of nitrogens with zero attached hydrogens (tertiary/aromatic N) is 2. The molecule has 8 nitrogen and oxygen atoms in total. The highest BCUT2D eigenvalue weighted by Crippen LogP contribution is 2.62. The van der Waals surface area contributed by atoms with Crippen LogP contribution in [0.15, 0.2) is 102 Å². The van der Waals surface area contributed by atoms with E-state index in [-0.39, 0.29) is 41.8 Å². The molecule has 1 saturated carbocycles. The maximum Gasteiger partial charge on any atom is 0.241 e. The van der Waals surface area contributed by atoms with Crippen molar-refractivity contribution in [3.8, 4) is 11.5 Å². The number of amides is 4. The van der Waals surface area contributed by atoms with E-state index < -0.39 is 29.1 Å². The Morgan fingerprint density at radius 2 is 1.62 bits per heavy atom. The van der Waals surface area contributed by atoms with Crippen molar-refractivity contribution in [3.63, 3.8) is 0 Å². The Labute approximate surface area is 260 Å². The molecule has 6 unspecified atom stereocenters. The van der Waals surface area contributed by atoms with Crippen molar-refractivity contribution in [2.45, 2.75) is 32.7 Å². The van der Waals surface area contributed by atoms with Gasteiger partial charge in [0.25, 0.3) is 0 Å². The summed E-state index contributed by atoms with van der Waals surface area (Å²) in [5.74, 6) is -2.96. The van der Waals surface area contributed by atoms with Gasteiger partial charge < -0.3 is 9.84 Å². The van der Waals surface area contributed by atoms with E-state index in [9.17, 15) is 24.3 Å². The fourth-order valence-electron chi connectivity index (χ4n) is 8.66. The van der Waals surface area contributed by atoms with Gasteiger partial charge in [-0.2, -0.15) is 0 Å². The zero-order valence-corrected chi connectivity index (χ0v) is 24.8. The number of benzene rings is 3. The Balaban J connectivity index is 1.23. The number of rotatable bonds is 4. The van der Waals surface area contributed by atoms with Crippen molar-refractivity contribution in [3.05, 3.63) is 113 Å². The van der Waals surface area contributed by atoms with E-state index in [1.54, 1.807) is 48.7 Å². The molecule has 2 aliphatic carbocycles. The van der Waals surface area contributed by atoms with Gasteiger partial charge in [-0.1, -0.05) is 60.2 Å². The van der Waals surface area contributed by atoms with Crippen LogP contribution in [0.5, 0.6) is 11.5 Å². The Hall–Kier alpha value is -4.98. The van der Waals surface area contributed by atoms with Crippen molar-refractivity contribution < 1.29 is 29.0 Å². The first-order chi connectivity index (χ1) is 21.8. The van der Waals surface area contributed by atoms with Crippen LogP contribution < -0.4 is 9.64 Å². The molecule has 3 aliphatic heterocycles. The van der Waals surface area contributed by atoms with Crippen LogP contribution in [0.1, 0.15) is 30.9 Å². The topological polar surface area (TPSA) is 104 Å². The highest BCUT2D eigenvalue weighted by molar-refractivity contribution is 6.24. The molecule has 8 heteroatoms. The summed E-state index contributed by atoms with van der Waals surface area (Å²) in [6.07, 6.45) is 4.83. The molecule has 1 N–H and O–H groups in total. The maximum atomic E-state index is 14.5. The predicted molar refractivity (Wildman–Crippen MR) is 164 cm³/mol. The number of carbonyl (C=O) groups excluding carboxylic acids is 4. The number of carbonyl (C=O) groups is 4. The third-order valence-electron chi connectivity index (χ3n) is 10.7. The number of anilines is 1. The molecule has 0 spiro atoms. The standard InChI is InChI=1S/C37H32N2O6/c1-37-29(34(42)39(36(37)44)24-10-6-3-7-11-24)18-28-26(32(37)23-16-22-17-25(40)12-15-30(22)45-20-23)13-14-27-31(28)35(43)38(33(27)41)19-21-8-4-2-5-9-21/h2-13,15,17,20,27-29,31-32,40H,14,16,18-19H2,1H3. The van der Waals surface area contributed by atoms with Gasteiger partial charge in [-0.3, -0.25) is 24.1 Å². The summed E-state index contributed by atoms with van der Waals surface area (Å²) in [6.45, 7) is 2.08. The average molecular weight is 601 g/mol. The average Bonchev–Trinajstić information content (AvgIpc) is 3.41. The number of phenolic OH excluding ortho intramolecular Hbond substituents is 1. The van der Waals surface area contributed by atoms with Crippen LogP contribution in [0.4, 0.5) is 5.69 Å². The van der Waals surface area contributed by atoms with Gasteiger partial charge in [-0.15, -0.1) is 0 Å². The number of hydrogen-bond donors (Lipinski definition) is 1. The minimum absolute atomic E-state index is 0.111. The molecule has 3 aromatic carbocycles. The van der Waals surface area contributed by atoms with Gasteiger partial charge in [0, 0.05) is 17.9 Å². The molecule has 6 atom stereocenters. The van der Waals surface area contributed by atoms with Crippen LogP contribution in [0.2, 0.25) is 0 Å². The molecule has 2 saturated heterocycles. The lowest BCUT2D eigenvalue weighted by atomic mass is 9.51. The number of fused-ring (bicyclic) bond motifs is 5. The second-order valence-corrected chi connectivity index (χ2v) is 13.0. The molecule has 0 bridgehead atoms. The van der Waals surface area contributed by atoms with E-state index in [0.717, 1.165) is 22.3 Å². The summed E-state index contributed by atoms with van der Waals surface area (Å²) in [5.41, 5.74) is 2.77. The third kappa shape index (κ3) is 3.97. The molecule has 3 aromatic rings. The fraction of sp³-hybridized carbons (Fsp3) is 0.297. The van der Waals surface area contributed by atoms with Crippen molar-refractivity contribution in [1.82, 2.24) is 4.90 Å². The first-order valence-electron chi connectivity index (χ1n) is 15.5. The first kappa shape index (κ1) is 27.6. The van der Waals surface area contributed by atoms with E-state index in [0.29, 0.717) is 30.7 Å². The number of likely N-dealkylation sites (tertiary alicyclic amines) is 1. The highest BCUT2D eigenvalue weighted by atomic mass is 16.5. The number of aromatic hydroxyl groups is 1. The van der Waals surface area contributed by atoms with Crippen molar-refractivity contribution >= 4 is 29.3 Å². The summed E-state index contributed by atoms with van der Waals surface area (Å²) in [7, 11) is 0. The van der Waals surface area contributed by atoms with Crippen LogP contribution in [-0.2, 0) is 32.1 Å². The van der Waals surface area contributed by atoms with Gasteiger partial charge in [0.2, 0.25) is 23.6 Å². The molecule has 45 heavy (non-hydrogen) atoms. The summed E-state index contributed by atoms with van der Waals surface area (Å²) in [6, 6.07) is 23.4. The summed E-state index contributed by atoms with van der Waals surface area (Å²) >= 11 is 0. The molecule has 4 amide bonds. The maximum absolute atomic E-state index is 14.5. The number of ether oxygens (including phenoxy) is 1. The van der Waals surface area contributed by atoms with Crippen molar-refractivity contribution in [1.29, 1.82) is 0 Å². The Morgan fingerprint density at radius 1 is 0.889 bits per heavy atom. The van der Waals surface area contributed by atoms with Crippen LogP contribution in [0.3, 0.4) is 0 Å². The van der Waals surface area contributed by atoms with Gasteiger partial charge in [0.05, 0.1) is 41.7 Å². The zero-order valence-electron chi connectivity index (χ0n) is 24.8. The van der Waals surface area contributed by atoms with Crippen LogP contribution >= 0.6 is 0 Å². The smallest absolute Gasteiger partial charge is 0.241 e. The minimum atomic E-state index is -1.14. The minimum Gasteiger partial charge on any atom is -0.508 e. The molecule has 8 rings (SSSR count). The molecule has 226 valence electrons. The Kier molecular flexibility index (Phi) is 6.14.